The van der Waals surface area contributed by atoms with Crippen molar-refractivity contribution >= 4 is 17.3 Å². The fourth-order valence-corrected chi connectivity index (χ4v) is 2.56. The van der Waals surface area contributed by atoms with Gasteiger partial charge in [0.1, 0.15) is 5.75 Å². The van der Waals surface area contributed by atoms with Gasteiger partial charge in [-0.15, -0.1) is 0 Å². The highest BCUT2D eigenvalue weighted by atomic mass is 16.6. The summed E-state index contributed by atoms with van der Waals surface area (Å²) in [5.74, 6) is 0.180. The van der Waals surface area contributed by atoms with Gasteiger partial charge in [-0.2, -0.15) is 0 Å². The molecule has 3 aromatic carbocycles. The summed E-state index contributed by atoms with van der Waals surface area (Å²) in [5.41, 5.74) is 2.42. The first-order chi connectivity index (χ1) is 13.0. The highest BCUT2D eigenvalue weighted by Gasteiger charge is 2.16. The summed E-state index contributed by atoms with van der Waals surface area (Å²) in [4.78, 5) is 22.6. The van der Waals surface area contributed by atoms with E-state index in [0.717, 1.165) is 11.1 Å². The highest BCUT2D eigenvalue weighted by molar-refractivity contribution is 5.94. The lowest BCUT2D eigenvalue weighted by atomic mass is 10.1. The summed E-state index contributed by atoms with van der Waals surface area (Å²) in [5, 5.41) is 13.4. The zero-order valence-corrected chi connectivity index (χ0v) is 14.7. The quantitative estimate of drug-likeness (QED) is 0.510. The zero-order valence-electron chi connectivity index (χ0n) is 14.7. The fraction of sp³-hybridized carbons (Fsp3) is 0.0952. The second-order valence-corrected chi connectivity index (χ2v) is 5.95. The molecule has 0 heterocycles. The SMILES string of the molecule is C[C@@H](Oc1ccc(-c2ccccc2)cc1)C(=O)Nc1cccc([N+](=O)[O-])c1. The van der Waals surface area contributed by atoms with E-state index in [1.165, 1.54) is 18.2 Å². The predicted molar refractivity (Wildman–Crippen MR) is 104 cm³/mol. The van der Waals surface area contributed by atoms with Crippen LogP contribution in [0.1, 0.15) is 6.92 Å². The number of nitrogens with zero attached hydrogens (tertiary/aromatic N) is 1. The Morgan fingerprint density at radius 3 is 2.30 bits per heavy atom. The maximum Gasteiger partial charge on any atom is 0.271 e. The van der Waals surface area contributed by atoms with E-state index >= 15 is 0 Å². The maximum atomic E-state index is 12.3. The Hall–Kier alpha value is -3.67. The van der Waals surface area contributed by atoms with E-state index < -0.39 is 11.0 Å². The first-order valence-corrected chi connectivity index (χ1v) is 8.40. The average Bonchev–Trinajstić information content (AvgIpc) is 2.69. The van der Waals surface area contributed by atoms with Crippen LogP contribution in [-0.4, -0.2) is 16.9 Å². The van der Waals surface area contributed by atoms with Crippen LogP contribution in [0.5, 0.6) is 5.75 Å². The number of anilines is 1. The molecule has 6 nitrogen and oxygen atoms in total. The molecule has 0 aromatic heterocycles. The van der Waals surface area contributed by atoms with Gasteiger partial charge in [-0.1, -0.05) is 48.5 Å². The first kappa shape index (κ1) is 18.1. The molecule has 1 amide bonds. The number of hydrogen-bond acceptors (Lipinski definition) is 4. The Kier molecular flexibility index (Phi) is 5.47. The van der Waals surface area contributed by atoms with E-state index in [1.54, 1.807) is 25.1 Å². The monoisotopic (exact) mass is 362 g/mol. The number of nitro benzene ring substituents is 1. The topological polar surface area (TPSA) is 81.5 Å². The Bertz CT molecular complexity index is 940. The summed E-state index contributed by atoms with van der Waals surface area (Å²) in [6.45, 7) is 1.62. The molecular weight excluding hydrogens is 344 g/mol. The van der Waals surface area contributed by atoms with E-state index in [4.69, 9.17) is 4.74 Å². The van der Waals surface area contributed by atoms with E-state index in [9.17, 15) is 14.9 Å². The number of carbonyl (C=O) groups is 1. The number of nitrogens with one attached hydrogen (secondary N) is 1. The number of nitro groups is 1. The van der Waals surface area contributed by atoms with Crippen LogP contribution in [0.2, 0.25) is 0 Å². The molecule has 1 atom stereocenters. The van der Waals surface area contributed by atoms with Crippen molar-refractivity contribution in [3.8, 4) is 16.9 Å². The normalized spacial score (nSPS) is 11.4. The molecule has 0 fully saturated rings. The minimum absolute atomic E-state index is 0.0853. The van der Waals surface area contributed by atoms with Crippen molar-refractivity contribution in [1.82, 2.24) is 0 Å². The van der Waals surface area contributed by atoms with Crippen molar-refractivity contribution in [3.63, 3.8) is 0 Å². The van der Waals surface area contributed by atoms with Crippen LogP contribution in [0.3, 0.4) is 0 Å². The minimum atomic E-state index is -0.758. The fourth-order valence-electron chi connectivity index (χ4n) is 2.56. The Morgan fingerprint density at radius 1 is 0.963 bits per heavy atom. The summed E-state index contributed by atoms with van der Waals surface area (Å²) < 4.78 is 5.67. The van der Waals surface area contributed by atoms with E-state index in [0.29, 0.717) is 11.4 Å². The zero-order chi connectivity index (χ0) is 19.2. The molecule has 3 rings (SSSR count). The van der Waals surface area contributed by atoms with E-state index in [1.807, 2.05) is 42.5 Å². The van der Waals surface area contributed by atoms with Crippen molar-refractivity contribution in [2.24, 2.45) is 0 Å². The van der Waals surface area contributed by atoms with Gasteiger partial charge in [0.25, 0.3) is 11.6 Å². The van der Waals surface area contributed by atoms with Gasteiger partial charge in [-0.05, 0) is 36.2 Å². The van der Waals surface area contributed by atoms with Gasteiger partial charge in [0.2, 0.25) is 0 Å². The lowest BCUT2D eigenvalue weighted by Gasteiger charge is -2.15. The van der Waals surface area contributed by atoms with Gasteiger partial charge >= 0.3 is 0 Å². The average molecular weight is 362 g/mol. The van der Waals surface area contributed by atoms with Crippen molar-refractivity contribution < 1.29 is 14.5 Å². The standard InChI is InChI=1S/C21H18N2O4/c1-15(21(24)22-18-8-5-9-19(14-18)23(25)26)27-20-12-10-17(11-13-20)16-6-3-2-4-7-16/h2-15H,1H3,(H,22,24)/t15-/m1/s1. The number of rotatable bonds is 6. The predicted octanol–water partition coefficient (Wildman–Crippen LogP) is 4.67. The van der Waals surface area contributed by atoms with Crippen LogP contribution in [0.25, 0.3) is 11.1 Å². The smallest absolute Gasteiger partial charge is 0.271 e. The van der Waals surface area contributed by atoms with Gasteiger partial charge in [0, 0.05) is 17.8 Å². The van der Waals surface area contributed by atoms with Crippen molar-refractivity contribution in [2.45, 2.75) is 13.0 Å². The molecule has 0 unspecified atom stereocenters. The van der Waals surface area contributed by atoms with Gasteiger partial charge < -0.3 is 10.1 Å². The van der Waals surface area contributed by atoms with Crippen LogP contribution in [0.15, 0.2) is 78.9 Å². The Morgan fingerprint density at radius 2 is 1.63 bits per heavy atom. The number of hydrogen-bond donors (Lipinski definition) is 1. The van der Waals surface area contributed by atoms with Gasteiger partial charge in [0.05, 0.1) is 4.92 Å². The number of non-ortho nitro benzene ring substituents is 1. The third-order valence-electron chi connectivity index (χ3n) is 3.97. The van der Waals surface area contributed by atoms with Crippen LogP contribution < -0.4 is 10.1 Å². The van der Waals surface area contributed by atoms with Gasteiger partial charge in [-0.25, -0.2) is 0 Å². The molecule has 0 radical (unpaired) electrons. The van der Waals surface area contributed by atoms with E-state index in [2.05, 4.69) is 5.32 Å². The number of amides is 1. The molecule has 0 aliphatic rings. The number of benzene rings is 3. The molecule has 6 heteroatoms. The Balaban J connectivity index is 1.63. The molecule has 0 bridgehead atoms. The summed E-state index contributed by atoms with van der Waals surface area (Å²) in [6.07, 6.45) is -0.758. The van der Waals surface area contributed by atoms with Crippen LogP contribution >= 0.6 is 0 Å². The molecule has 0 saturated heterocycles. The number of carbonyl (C=O) groups excluding carboxylic acids is 1. The summed E-state index contributed by atoms with van der Waals surface area (Å²) in [7, 11) is 0. The third-order valence-corrected chi connectivity index (χ3v) is 3.97. The number of ether oxygens (including phenoxy) is 1. The molecule has 0 aliphatic heterocycles. The molecular formula is C21H18N2O4. The second kappa shape index (κ2) is 8.14. The van der Waals surface area contributed by atoms with Gasteiger partial charge in [-0.3, -0.25) is 14.9 Å². The van der Waals surface area contributed by atoms with Crippen molar-refractivity contribution in [3.05, 3.63) is 89.0 Å². The lowest BCUT2D eigenvalue weighted by Crippen LogP contribution is -2.30. The van der Waals surface area contributed by atoms with Gasteiger partial charge in [0.15, 0.2) is 6.10 Å². The molecule has 0 spiro atoms. The maximum absolute atomic E-state index is 12.3. The minimum Gasteiger partial charge on any atom is -0.481 e. The molecule has 27 heavy (non-hydrogen) atoms. The second-order valence-electron chi connectivity index (χ2n) is 5.95. The summed E-state index contributed by atoms with van der Waals surface area (Å²) in [6, 6.07) is 23.2. The molecule has 1 N–H and O–H groups in total. The Labute approximate surface area is 156 Å². The molecule has 0 saturated carbocycles. The van der Waals surface area contributed by atoms with Crippen LogP contribution in [0.4, 0.5) is 11.4 Å². The first-order valence-electron chi connectivity index (χ1n) is 8.40. The van der Waals surface area contributed by atoms with Crippen LogP contribution in [0, 0.1) is 10.1 Å². The third kappa shape index (κ3) is 4.70. The van der Waals surface area contributed by atoms with Crippen molar-refractivity contribution in [2.75, 3.05) is 5.32 Å². The summed E-state index contributed by atoms with van der Waals surface area (Å²) >= 11 is 0. The molecule has 136 valence electrons. The largest absolute Gasteiger partial charge is 0.481 e. The molecule has 0 aliphatic carbocycles. The van der Waals surface area contributed by atoms with Crippen molar-refractivity contribution in [1.29, 1.82) is 0 Å². The van der Waals surface area contributed by atoms with Crippen LogP contribution in [-0.2, 0) is 4.79 Å². The van der Waals surface area contributed by atoms with E-state index in [-0.39, 0.29) is 11.6 Å². The lowest BCUT2D eigenvalue weighted by molar-refractivity contribution is -0.384. The highest BCUT2D eigenvalue weighted by Crippen LogP contribution is 2.23. The molecule has 3 aromatic rings.